The van der Waals surface area contributed by atoms with Crippen molar-refractivity contribution in [2.24, 2.45) is 0 Å². The topological polar surface area (TPSA) is 67.4 Å². The predicted molar refractivity (Wildman–Crippen MR) is 97.7 cm³/mol. The molecule has 0 heterocycles. The van der Waals surface area contributed by atoms with Gasteiger partial charge in [0.25, 0.3) is 5.91 Å². The smallest absolute Gasteiger partial charge is 0.276 e. The molecule has 0 atom stereocenters. The lowest BCUT2D eigenvalue weighted by Gasteiger charge is -2.10. The molecule has 0 spiro atoms. The van der Waals surface area contributed by atoms with Crippen LogP contribution in [0.25, 0.3) is 0 Å². The lowest BCUT2D eigenvalue weighted by molar-refractivity contribution is -0.130. The minimum atomic E-state index is -0.460. The highest BCUT2D eigenvalue weighted by molar-refractivity contribution is 6.31. The van der Waals surface area contributed by atoms with Crippen LogP contribution in [0.15, 0.2) is 42.5 Å². The largest absolute Gasteiger partial charge is 0.484 e. The minimum Gasteiger partial charge on any atom is -0.484 e. The van der Waals surface area contributed by atoms with Crippen molar-refractivity contribution in [3.8, 4) is 5.75 Å². The molecule has 0 aromatic heterocycles. The fourth-order valence-corrected chi connectivity index (χ4v) is 2.39. The van der Waals surface area contributed by atoms with Gasteiger partial charge < -0.3 is 4.74 Å². The zero-order valence-corrected chi connectivity index (χ0v) is 15.2. The quantitative estimate of drug-likeness (QED) is 0.754. The molecular weight excluding hydrogens is 363 g/mol. The summed E-state index contributed by atoms with van der Waals surface area (Å²) in [5, 5.41) is 1.24. The first kappa shape index (κ1) is 19.1. The van der Waals surface area contributed by atoms with E-state index in [-0.39, 0.29) is 18.9 Å². The normalized spacial score (nSPS) is 10.2. The maximum Gasteiger partial charge on any atom is 0.276 e. The van der Waals surface area contributed by atoms with Gasteiger partial charge in [0.05, 0.1) is 0 Å². The van der Waals surface area contributed by atoms with Crippen molar-refractivity contribution in [3.63, 3.8) is 0 Å². The third kappa shape index (κ3) is 6.29. The number of aryl methyl sites for hydroxylation is 2. The molecule has 25 heavy (non-hydrogen) atoms. The Morgan fingerprint density at radius 3 is 2.44 bits per heavy atom. The Hall–Kier alpha value is -2.24. The second kappa shape index (κ2) is 9.30. The van der Waals surface area contributed by atoms with Crippen molar-refractivity contribution in [1.29, 1.82) is 0 Å². The lowest BCUT2D eigenvalue weighted by atomic mass is 10.1. The summed E-state index contributed by atoms with van der Waals surface area (Å²) in [5.41, 5.74) is 6.39. The van der Waals surface area contributed by atoms with Gasteiger partial charge in [-0.3, -0.25) is 20.4 Å². The van der Waals surface area contributed by atoms with E-state index in [2.05, 4.69) is 10.9 Å². The van der Waals surface area contributed by atoms with Crippen molar-refractivity contribution < 1.29 is 14.3 Å². The number of rotatable bonds is 6. The Kier molecular flexibility index (Phi) is 7.10. The number of halogens is 2. The third-order valence-corrected chi connectivity index (χ3v) is 4.21. The molecule has 2 aromatic carbocycles. The van der Waals surface area contributed by atoms with Crippen LogP contribution >= 0.6 is 23.2 Å². The van der Waals surface area contributed by atoms with E-state index >= 15 is 0 Å². The minimum absolute atomic E-state index is 0.210. The summed E-state index contributed by atoms with van der Waals surface area (Å²) in [7, 11) is 0. The van der Waals surface area contributed by atoms with Crippen molar-refractivity contribution in [3.05, 3.63) is 63.6 Å². The average Bonchev–Trinajstić information content (AvgIpc) is 2.60. The van der Waals surface area contributed by atoms with Crippen LogP contribution in [-0.2, 0) is 16.0 Å². The van der Waals surface area contributed by atoms with Gasteiger partial charge >= 0.3 is 0 Å². The molecular formula is C18H18Cl2N2O3. The maximum absolute atomic E-state index is 11.8. The second-order valence-electron chi connectivity index (χ2n) is 5.39. The van der Waals surface area contributed by atoms with E-state index in [0.717, 1.165) is 11.1 Å². The van der Waals surface area contributed by atoms with Gasteiger partial charge in [-0.15, -0.1) is 0 Å². The Balaban J connectivity index is 1.69. The van der Waals surface area contributed by atoms with Crippen LogP contribution in [0, 0.1) is 6.92 Å². The molecule has 0 radical (unpaired) electrons. The molecule has 2 aromatic rings. The molecule has 2 amide bonds. The Morgan fingerprint density at radius 2 is 1.72 bits per heavy atom. The number of hydrazine groups is 1. The summed E-state index contributed by atoms with van der Waals surface area (Å²) in [4.78, 5) is 23.5. The molecule has 0 aliphatic rings. The molecule has 0 saturated carbocycles. The number of carbonyl (C=O) groups is 2. The zero-order valence-electron chi connectivity index (χ0n) is 13.6. The van der Waals surface area contributed by atoms with Crippen LogP contribution in [0.5, 0.6) is 5.75 Å². The molecule has 0 unspecified atom stereocenters. The van der Waals surface area contributed by atoms with Gasteiger partial charge in [-0.05, 0) is 48.7 Å². The Bertz CT molecular complexity index is 766. The van der Waals surface area contributed by atoms with Gasteiger partial charge in [-0.1, -0.05) is 41.4 Å². The number of hydrogen-bond donors (Lipinski definition) is 2. The highest BCUT2D eigenvalue weighted by atomic mass is 35.5. The van der Waals surface area contributed by atoms with E-state index in [9.17, 15) is 9.59 Å². The molecule has 132 valence electrons. The Morgan fingerprint density at radius 1 is 1.00 bits per heavy atom. The summed E-state index contributed by atoms with van der Waals surface area (Å²) in [6.07, 6.45) is 0.698. The van der Waals surface area contributed by atoms with Gasteiger partial charge in [0.1, 0.15) is 5.75 Å². The lowest BCUT2D eigenvalue weighted by Crippen LogP contribution is -2.43. The van der Waals surface area contributed by atoms with E-state index in [1.54, 1.807) is 24.3 Å². The fraction of sp³-hybridized carbons (Fsp3) is 0.222. The van der Waals surface area contributed by atoms with E-state index in [4.69, 9.17) is 27.9 Å². The summed E-state index contributed by atoms with van der Waals surface area (Å²) < 4.78 is 5.34. The van der Waals surface area contributed by atoms with Crippen molar-refractivity contribution >= 4 is 35.0 Å². The van der Waals surface area contributed by atoms with E-state index in [0.29, 0.717) is 22.2 Å². The van der Waals surface area contributed by atoms with Crippen LogP contribution in [0.4, 0.5) is 0 Å². The molecule has 0 aliphatic heterocycles. The fourth-order valence-electron chi connectivity index (χ4n) is 2.04. The monoisotopic (exact) mass is 380 g/mol. The van der Waals surface area contributed by atoms with Crippen LogP contribution in [0.2, 0.25) is 10.0 Å². The van der Waals surface area contributed by atoms with Crippen molar-refractivity contribution in [1.82, 2.24) is 10.9 Å². The first-order valence-corrected chi connectivity index (χ1v) is 8.41. The number of benzene rings is 2. The van der Waals surface area contributed by atoms with Crippen LogP contribution < -0.4 is 15.6 Å². The second-order valence-corrected chi connectivity index (χ2v) is 6.20. The number of nitrogens with one attached hydrogen (secondary N) is 2. The first-order chi connectivity index (χ1) is 12.0. The van der Waals surface area contributed by atoms with Crippen LogP contribution in [-0.4, -0.2) is 18.4 Å². The summed E-state index contributed by atoms with van der Waals surface area (Å²) >= 11 is 12.0. The maximum atomic E-state index is 11.8. The number of amides is 2. The van der Waals surface area contributed by atoms with Gasteiger partial charge in [-0.2, -0.15) is 0 Å². The molecule has 0 aliphatic carbocycles. The third-order valence-electron chi connectivity index (χ3n) is 3.42. The number of hydrogen-bond acceptors (Lipinski definition) is 3. The molecule has 5 nitrogen and oxygen atoms in total. The van der Waals surface area contributed by atoms with Crippen LogP contribution in [0.1, 0.15) is 17.5 Å². The van der Waals surface area contributed by atoms with E-state index < -0.39 is 5.91 Å². The van der Waals surface area contributed by atoms with E-state index in [1.165, 1.54) is 0 Å². The molecule has 0 bridgehead atoms. The van der Waals surface area contributed by atoms with Crippen LogP contribution in [0.3, 0.4) is 0 Å². The molecule has 2 N–H and O–H groups in total. The highest BCUT2D eigenvalue weighted by Gasteiger charge is 2.08. The zero-order chi connectivity index (χ0) is 18.2. The number of carbonyl (C=O) groups excluding carboxylic acids is 2. The average molecular weight is 381 g/mol. The van der Waals surface area contributed by atoms with Crippen molar-refractivity contribution in [2.45, 2.75) is 19.8 Å². The predicted octanol–water partition coefficient (Wildman–Crippen LogP) is 3.46. The SMILES string of the molecule is Cc1cc(OCC(=O)NNC(=O)CCc2ccccc2Cl)ccc1Cl. The van der Waals surface area contributed by atoms with Crippen molar-refractivity contribution in [2.75, 3.05) is 6.61 Å². The summed E-state index contributed by atoms with van der Waals surface area (Å²) in [6, 6.07) is 12.4. The molecule has 0 saturated heterocycles. The summed E-state index contributed by atoms with van der Waals surface area (Å²) in [5.74, 6) is -0.239. The Labute approximate surface area is 156 Å². The molecule has 0 fully saturated rings. The van der Waals surface area contributed by atoms with Gasteiger partial charge in [0, 0.05) is 16.5 Å². The summed E-state index contributed by atoms with van der Waals surface area (Å²) in [6.45, 7) is 1.63. The van der Waals surface area contributed by atoms with Gasteiger partial charge in [0.2, 0.25) is 5.91 Å². The van der Waals surface area contributed by atoms with E-state index in [1.807, 2.05) is 25.1 Å². The molecule has 7 heteroatoms. The standard InChI is InChI=1S/C18H18Cl2N2O3/c1-12-10-14(7-8-15(12)19)25-11-18(24)22-21-17(23)9-6-13-4-2-3-5-16(13)20/h2-5,7-8,10H,6,9,11H2,1H3,(H,21,23)(H,22,24). The highest BCUT2D eigenvalue weighted by Crippen LogP contribution is 2.20. The number of ether oxygens (including phenoxy) is 1. The van der Waals surface area contributed by atoms with Gasteiger partial charge in [0.15, 0.2) is 6.61 Å². The first-order valence-electron chi connectivity index (χ1n) is 7.66. The van der Waals surface area contributed by atoms with Gasteiger partial charge in [-0.25, -0.2) is 0 Å². The molecule has 2 rings (SSSR count).